The molecule has 1 aliphatic carbocycles. The molecule has 2 N–H and O–H groups in total. The van der Waals surface area contributed by atoms with Gasteiger partial charge < -0.3 is 10.5 Å². The van der Waals surface area contributed by atoms with Gasteiger partial charge in [0, 0.05) is 7.05 Å². The van der Waals surface area contributed by atoms with Gasteiger partial charge in [0.2, 0.25) is 5.91 Å². The van der Waals surface area contributed by atoms with Crippen molar-refractivity contribution in [1.82, 2.24) is 4.90 Å². The van der Waals surface area contributed by atoms with Gasteiger partial charge in [0.1, 0.15) is 12.0 Å². The average molecular weight is 430 g/mol. The van der Waals surface area contributed by atoms with E-state index in [1.807, 2.05) is 85.8 Å². The molecule has 4 rings (SSSR count). The van der Waals surface area contributed by atoms with Crippen molar-refractivity contribution in [2.75, 3.05) is 7.05 Å². The van der Waals surface area contributed by atoms with Crippen LogP contribution < -0.4 is 5.73 Å². The third kappa shape index (κ3) is 3.84. The van der Waals surface area contributed by atoms with Crippen LogP contribution in [0, 0.1) is 5.41 Å². The SMILES string of the molecule is CN1C(=O)CC(C)(C2(C(=O)OCc3ccccc3)C=CC=C(c3ccccc3)C2)N=C1N. The van der Waals surface area contributed by atoms with E-state index in [-0.39, 0.29) is 24.9 Å². The van der Waals surface area contributed by atoms with Gasteiger partial charge in [-0.2, -0.15) is 0 Å². The van der Waals surface area contributed by atoms with E-state index in [0.29, 0.717) is 6.42 Å². The summed E-state index contributed by atoms with van der Waals surface area (Å²) in [5.41, 5.74) is 6.70. The van der Waals surface area contributed by atoms with Crippen LogP contribution in [0.5, 0.6) is 0 Å². The quantitative estimate of drug-likeness (QED) is 0.735. The first kappa shape index (κ1) is 21.6. The smallest absolute Gasteiger partial charge is 0.319 e. The number of nitrogens with zero attached hydrogens (tertiary/aromatic N) is 2. The van der Waals surface area contributed by atoms with Crippen molar-refractivity contribution in [3.63, 3.8) is 0 Å². The van der Waals surface area contributed by atoms with Crippen LogP contribution in [0.2, 0.25) is 0 Å². The lowest BCUT2D eigenvalue weighted by molar-refractivity contribution is -0.158. The Kier molecular flexibility index (Phi) is 5.70. The van der Waals surface area contributed by atoms with Gasteiger partial charge in [0.25, 0.3) is 0 Å². The van der Waals surface area contributed by atoms with Gasteiger partial charge in [0.15, 0.2) is 5.96 Å². The van der Waals surface area contributed by atoms with Crippen molar-refractivity contribution in [2.45, 2.75) is 31.9 Å². The average Bonchev–Trinajstić information content (AvgIpc) is 2.82. The highest BCUT2D eigenvalue weighted by Gasteiger charge is 2.57. The second-order valence-corrected chi connectivity index (χ2v) is 8.50. The molecule has 0 saturated carbocycles. The minimum Gasteiger partial charge on any atom is -0.460 e. The van der Waals surface area contributed by atoms with Gasteiger partial charge >= 0.3 is 5.97 Å². The number of nitrogens with two attached hydrogens (primary N) is 1. The number of amides is 1. The molecule has 164 valence electrons. The molecular weight excluding hydrogens is 402 g/mol. The summed E-state index contributed by atoms with van der Waals surface area (Å²) in [5, 5.41) is 0. The Morgan fingerprint density at radius 3 is 2.41 bits per heavy atom. The number of allylic oxidation sites excluding steroid dienone is 3. The molecule has 2 unspecified atom stereocenters. The molecule has 0 aromatic heterocycles. The van der Waals surface area contributed by atoms with Crippen LogP contribution in [0.1, 0.15) is 30.9 Å². The Morgan fingerprint density at radius 1 is 1.09 bits per heavy atom. The molecule has 0 spiro atoms. The number of rotatable bonds is 5. The summed E-state index contributed by atoms with van der Waals surface area (Å²) in [7, 11) is 1.59. The zero-order valence-electron chi connectivity index (χ0n) is 18.3. The van der Waals surface area contributed by atoms with Gasteiger partial charge in [-0.1, -0.05) is 78.9 Å². The lowest BCUT2D eigenvalue weighted by Crippen LogP contribution is -2.58. The van der Waals surface area contributed by atoms with E-state index in [1.54, 1.807) is 7.05 Å². The van der Waals surface area contributed by atoms with Crippen LogP contribution in [-0.2, 0) is 20.9 Å². The van der Waals surface area contributed by atoms with E-state index in [4.69, 9.17) is 10.5 Å². The number of esters is 1. The second-order valence-electron chi connectivity index (χ2n) is 8.50. The standard InChI is InChI=1S/C26H27N3O3/c1-25(17-22(30)29(2)24(27)28-25)26(23(31)32-18-19-10-5-3-6-11-19)15-9-14-21(16-26)20-12-7-4-8-13-20/h3-15H,16-18H2,1-2H3,(H2,27,28). The highest BCUT2D eigenvalue weighted by molar-refractivity contribution is 6.00. The summed E-state index contributed by atoms with van der Waals surface area (Å²) in [6.07, 6.45) is 6.07. The number of guanidine groups is 1. The van der Waals surface area contributed by atoms with E-state index in [2.05, 4.69) is 4.99 Å². The first-order valence-electron chi connectivity index (χ1n) is 10.6. The Bertz CT molecular complexity index is 1110. The predicted octanol–water partition coefficient (Wildman–Crippen LogP) is 3.70. The zero-order chi connectivity index (χ0) is 22.8. The van der Waals surface area contributed by atoms with Crippen LogP contribution in [0.15, 0.2) is 83.9 Å². The van der Waals surface area contributed by atoms with E-state index in [9.17, 15) is 9.59 Å². The topological polar surface area (TPSA) is 85.0 Å². The summed E-state index contributed by atoms with van der Waals surface area (Å²) >= 11 is 0. The van der Waals surface area contributed by atoms with E-state index in [0.717, 1.165) is 16.7 Å². The molecule has 1 amide bonds. The summed E-state index contributed by atoms with van der Waals surface area (Å²) in [4.78, 5) is 32.5. The minimum atomic E-state index is -1.18. The Labute approximate surface area is 188 Å². The van der Waals surface area contributed by atoms with Crippen LogP contribution in [0.4, 0.5) is 0 Å². The maximum Gasteiger partial charge on any atom is 0.319 e. The monoisotopic (exact) mass is 429 g/mol. The number of carbonyl (C=O) groups is 2. The first-order chi connectivity index (χ1) is 15.3. The van der Waals surface area contributed by atoms with Crippen molar-refractivity contribution in [1.29, 1.82) is 0 Å². The largest absolute Gasteiger partial charge is 0.460 e. The van der Waals surface area contributed by atoms with E-state index < -0.39 is 16.9 Å². The van der Waals surface area contributed by atoms with Crippen molar-refractivity contribution in [3.05, 3.63) is 90.0 Å². The van der Waals surface area contributed by atoms with Crippen molar-refractivity contribution in [2.24, 2.45) is 16.1 Å². The number of carbonyl (C=O) groups excluding carboxylic acids is 2. The molecule has 2 aromatic carbocycles. The lowest BCUT2D eigenvalue weighted by atomic mass is 9.62. The predicted molar refractivity (Wildman–Crippen MR) is 124 cm³/mol. The molecule has 1 aliphatic heterocycles. The molecule has 6 nitrogen and oxygen atoms in total. The third-order valence-electron chi connectivity index (χ3n) is 6.40. The Morgan fingerprint density at radius 2 is 1.75 bits per heavy atom. The fraction of sp³-hybridized carbons (Fsp3) is 0.269. The molecule has 2 aromatic rings. The molecule has 0 bridgehead atoms. The molecule has 6 heteroatoms. The van der Waals surface area contributed by atoms with Crippen molar-refractivity contribution < 1.29 is 14.3 Å². The lowest BCUT2D eigenvalue weighted by Gasteiger charge is -2.46. The van der Waals surface area contributed by atoms with Crippen LogP contribution in [0.25, 0.3) is 5.57 Å². The number of hydrogen-bond donors (Lipinski definition) is 1. The molecule has 0 radical (unpaired) electrons. The fourth-order valence-corrected chi connectivity index (χ4v) is 4.34. The number of hydrogen-bond acceptors (Lipinski definition) is 5. The van der Waals surface area contributed by atoms with Gasteiger partial charge in [-0.3, -0.25) is 14.5 Å². The fourth-order valence-electron chi connectivity index (χ4n) is 4.34. The third-order valence-corrected chi connectivity index (χ3v) is 6.40. The van der Waals surface area contributed by atoms with Gasteiger partial charge in [-0.05, 0) is 30.0 Å². The van der Waals surface area contributed by atoms with Gasteiger partial charge in [-0.25, -0.2) is 4.99 Å². The molecule has 2 atom stereocenters. The number of ether oxygens (including phenoxy) is 1. The number of aliphatic imine (C=N–C) groups is 1. The van der Waals surface area contributed by atoms with Crippen LogP contribution in [-0.4, -0.2) is 35.3 Å². The van der Waals surface area contributed by atoms with Crippen LogP contribution in [0.3, 0.4) is 0 Å². The molecule has 32 heavy (non-hydrogen) atoms. The van der Waals surface area contributed by atoms with Crippen molar-refractivity contribution >= 4 is 23.4 Å². The maximum absolute atomic E-state index is 13.7. The van der Waals surface area contributed by atoms with Crippen LogP contribution >= 0.6 is 0 Å². The molecule has 2 aliphatic rings. The summed E-state index contributed by atoms with van der Waals surface area (Å²) in [5.74, 6) is -0.502. The van der Waals surface area contributed by atoms with Crippen molar-refractivity contribution in [3.8, 4) is 0 Å². The highest BCUT2D eigenvalue weighted by Crippen LogP contribution is 2.50. The molecular formula is C26H27N3O3. The number of benzene rings is 2. The van der Waals surface area contributed by atoms with E-state index in [1.165, 1.54) is 4.90 Å². The van der Waals surface area contributed by atoms with Gasteiger partial charge in [0.05, 0.1) is 12.0 Å². The molecule has 1 heterocycles. The molecule has 0 fully saturated rings. The highest BCUT2D eigenvalue weighted by atomic mass is 16.5. The maximum atomic E-state index is 13.7. The minimum absolute atomic E-state index is 0.0526. The second kappa shape index (κ2) is 8.46. The normalized spacial score (nSPS) is 25.2. The summed E-state index contributed by atoms with van der Waals surface area (Å²) in [6.45, 7) is 1.95. The zero-order valence-corrected chi connectivity index (χ0v) is 18.3. The first-order valence-corrected chi connectivity index (χ1v) is 10.6. The summed E-state index contributed by atoms with van der Waals surface area (Å²) < 4.78 is 5.82. The summed E-state index contributed by atoms with van der Waals surface area (Å²) in [6, 6.07) is 19.4. The van der Waals surface area contributed by atoms with E-state index >= 15 is 0 Å². The molecule has 0 saturated heterocycles. The Hall–Kier alpha value is -3.67. The van der Waals surface area contributed by atoms with Gasteiger partial charge in [-0.15, -0.1) is 0 Å². The Balaban J connectivity index is 1.73.